The van der Waals surface area contributed by atoms with Crippen LogP contribution < -0.4 is 5.32 Å². The third-order valence-electron chi connectivity index (χ3n) is 6.34. The van der Waals surface area contributed by atoms with Crippen LogP contribution in [0.4, 0.5) is 0 Å². The molecule has 0 spiro atoms. The molecule has 3 aromatic rings. The molecule has 8 heteroatoms. The Kier molecular flexibility index (Phi) is 9.83. The summed E-state index contributed by atoms with van der Waals surface area (Å²) >= 11 is 0. The first-order valence-corrected chi connectivity index (χ1v) is 14.1. The van der Waals surface area contributed by atoms with Crippen molar-refractivity contribution in [2.75, 3.05) is 26.7 Å². The molecule has 0 radical (unpaired) electrons. The lowest BCUT2D eigenvalue weighted by Crippen LogP contribution is -2.53. The maximum Gasteiger partial charge on any atom is 0.243 e. The number of likely N-dealkylation sites (N-methyl/N-ethyl adjacent to an activating group) is 1. The maximum absolute atomic E-state index is 13.5. The summed E-state index contributed by atoms with van der Waals surface area (Å²) in [4.78, 5) is 28.2. The number of nitrogens with zero attached hydrogens (tertiary/aromatic N) is 2. The molecule has 37 heavy (non-hydrogen) atoms. The highest BCUT2D eigenvalue weighted by Crippen LogP contribution is 2.21. The summed E-state index contributed by atoms with van der Waals surface area (Å²) in [6, 6.07) is 21.5. The molecular weight excluding hydrogens is 486 g/mol. The molecule has 7 nitrogen and oxygen atoms in total. The number of carbonyl (C=O) groups excluding carboxylic acids is 2. The van der Waals surface area contributed by atoms with Crippen molar-refractivity contribution in [3.05, 3.63) is 78.4 Å². The molecule has 0 heterocycles. The van der Waals surface area contributed by atoms with Gasteiger partial charge in [0.15, 0.2) is 0 Å². The average Bonchev–Trinajstić information content (AvgIpc) is 2.89. The minimum atomic E-state index is -3.91. The fourth-order valence-corrected chi connectivity index (χ4v) is 5.35. The summed E-state index contributed by atoms with van der Waals surface area (Å²) in [7, 11) is -2.51. The van der Waals surface area contributed by atoms with Crippen LogP contribution in [-0.2, 0) is 26.0 Å². The van der Waals surface area contributed by atoms with Crippen molar-refractivity contribution in [1.29, 1.82) is 0 Å². The highest BCUT2D eigenvalue weighted by Gasteiger charge is 2.31. The van der Waals surface area contributed by atoms with Crippen LogP contribution in [-0.4, -0.2) is 62.2 Å². The molecule has 2 amide bonds. The molecule has 0 aliphatic carbocycles. The molecule has 3 rings (SSSR count). The van der Waals surface area contributed by atoms with Gasteiger partial charge in [-0.25, -0.2) is 8.42 Å². The van der Waals surface area contributed by atoms with Gasteiger partial charge in [0.1, 0.15) is 6.04 Å². The average molecular weight is 524 g/mol. The Balaban J connectivity index is 1.82. The lowest BCUT2D eigenvalue weighted by molar-refractivity contribution is -0.140. The van der Waals surface area contributed by atoms with Crippen molar-refractivity contribution in [1.82, 2.24) is 14.5 Å². The molecule has 0 bridgehead atoms. The zero-order valence-corrected chi connectivity index (χ0v) is 22.9. The van der Waals surface area contributed by atoms with E-state index in [2.05, 4.69) is 5.32 Å². The van der Waals surface area contributed by atoms with Crippen molar-refractivity contribution in [3.8, 4) is 0 Å². The van der Waals surface area contributed by atoms with Crippen LogP contribution in [0.25, 0.3) is 10.8 Å². The summed E-state index contributed by atoms with van der Waals surface area (Å²) in [5.74, 6) is -0.361. The number of benzene rings is 3. The molecular formula is C29H37N3O4S. The number of hydrogen-bond donors (Lipinski definition) is 1. The second-order valence-corrected chi connectivity index (χ2v) is 11.7. The molecule has 198 valence electrons. The van der Waals surface area contributed by atoms with E-state index < -0.39 is 22.0 Å². The Morgan fingerprint density at radius 1 is 0.919 bits per heavy atom. The number of nitrogens with one attached hydrogen (secondary N) is 1. The third kappa shape index (κ3) is 7.40. The number of amides is 2. The number of sulfonamides is 1. The van der Waals surface area contributed by atoms with E-state index in [1.165, 1.54) is 11.9 Å². The van der Waals surface area contributed by atoms with Gasteiger partial charge in [-0.3, -0.25) is 9.59 Å². The predicted molar refractivity (Wildman–Crippen MR) is 148 cm³/mol. The highest BCUT2D eigenvalue weighted by atomic mass is 32.2. The van der Waals surface area contributed by atoms with Crippen molar-refractivity contribution in [3.63, 3.8) is 0 Å². The van der Waals surface area contributed by atoms with Gasteiger partial charge >= 0.3 is 0 Å². The zero-order valence-electron chi connectivity index (χ0n) is 22.1. The van der Waals surface area contributed by atoms with Gasteiger partial charge in [-0.05, 0) is 47.2 Å². The standard InChI is InChI=1S/C29H37N3O4S/c1-5-27(29(34)30-20-22(2)3)32(18-17-23-11-7-6-8-12-23)28(33)21-31(4)37(35,36)26-16-15-24-13-9-10-14-25(24)19-26/h6-16,19,22,27H,5,17-18,20-21H2,1-4H3,(H,30,34). The van der Waals surface area contributed by atoms with Crippen LogP contribution in [0, 0.1) is 5.92 Å². The smallest absolute Gasteiger partial charge is 0.243 e. The van der Waals surface area contributed by atoms with Gasteiger partial charge in [-0.2, -0.15) is 4.31 Å². The van der Waals surface area contributed by atoms with E-state index in [4.69, 9.17) is 0 Å². The van der Waals surface area contributed by atoms with Gasteiger partial charge in [0.2, 0.25) is 21.8 Å². The molecule has 1 N–H and O–H groups in total. The van der Waals surface area contributed by atoms with Gasteiger partial charge in [0.05, 0.1) is 11.4 Å². The van der Waals surface area contributed by atoms with Crippen LogP contribution in [0.5, 0.6) is 0 Å². The summed E-state index contributed by atoms with van der Waals surface area (Å²) in [6.07, 6.45) is 0.979. The normalized spacial score (nSPS) is 12.6. The Morgan fingerprint density at radius 3 is 2.22 bits per heavy atom. The quantitative estimate of drug-likeness (QED) is 0.388. The Hall–Kier alpha value is -3.23. The molecule has 1 unspecified atom stereocenters. The van der Waals surface area contributed by atoms with Gasteiger partial charge in [-0.1, -0.05) is 81.4 Å². The minimum Gasteiger partial charge on any atom is -0.354 e. The molecule has 0 aliphatic heterocycles. The van der Waals surface area contributed by atoms with Crippen molar-refractivity contribution < 1.29 is 18.0 Å². The largest absolute Gasteiger partial charge is 0.354 e. The summed E-state index contributed by atoms with van der Waals surface area (Å²) in [6.45, 7) is 6.32. The van der Waals surface area contributed by atoms with Crippen LogP contribution in [0.3, 0.4) is 0 Å². The number of rotatable bonds is 12. The lowest BCUT2D eigenvalue weighted by atomic mass is 10.1. The van der Waals surface area contributed by atoms with E-state index in [1.807, 2.05) is 75.4 Å². The first-order chi connectivity index (χ1) is 17.6. The second kappa shape index (κ2) is 12.8. The SMILES string of the molecule is CCC(C(=O)NCC(C)C)N(CCc1ccccc1)C(=O)CN(C)S(=O)(=O)c1ccc2ccccc2c1. The van der Waals surface area contributed by atoms with Gasteiger partial charge in [-0.15, -0.1) is 0 Å². The van der Waals surface area contributed by atoms with E-state index in [1.54, 1.807) is 18.2 Å². The molecule has 3 aromatic carbocycles. The van der Waals surface area contributed by atoms with Crippen LogP contribution in [0.2, 0.25) is 0 Å². The van der Waals surface area contributed by atoms with E-state index in [0.29, 0.717) is 25.9 Å². The van der Waals surface area contributed by atoms with Gasteiger partial charge in [0, 0.05) is 20.1 Å². The summed E-state index contributed by atoms with van der Waals surface area (Å²) < 4.78 is 27.7. The van der Waals surface area contributed by atoms with E-state index in [-0.39, 0.29) is 23.3 Å². The Morgan fingerprint density at radius 2 is 1.57 bits per heavy atom. The Labute approximate surface area is 220 Å². The first kappa shape index (κ1) is 28.3. The van der Waals surface area contributed by atoms with E-state index in [9.17, 15) is 18.0 Å². The fourth-order valence-electron chi connectivity index (χ4n) is 4.19. The second-order valence-electron chi connectivity index (χ2n) is 9.66. The van der Waals surface area contributed by atoms with Crippen molar-refractivity contribution in [2.45, 2.75) is 44.6 Å². The van der Waals surface area contributed by atoms with Crippen LogP contribution in [0.15, 0.2) is 77.7 Å². The Bertz CT molecular complexity index is 1310. The number of carbonyl (C=O) groups is 2. The molecule has 0 aromatic heterocycles. The lowest BCUT2D eigenvalue weighted by Gasteiger charge is -2.32. The zero-order chi connectivity index (χ0) is 27.0. The number of hydrogen-bond acceptors (Lipinski definition) is 4. The maximum atomic E-state index is 13.5. The number of fused-ring (bicyclic) bond motifs is 1. The topological polar surface area (TPSA) is 86.8 Å². The first-order valence-electron chi connectivity index (χ1n) is 12.7. The van der Waals surface area contributed by atoms with E-state index in [0.717, 1.165) is 20.6 Å². The summed E-state index contributed by atoms with van der Waals surface area (Å²) in [5.41, 5.74) is 1.04. The molecule has 0 saturated carbocycles. The molecule has 0 aliphatic rings. The van der Waals surface area contributed by atoms with Crippen molar-refractivity contribution >= 4 is 32.6 Å². The molecule has 0 saturated heterocycles. The van der Waals surface area contributed by atoms with Crippen LogP contribution >= 0.6 is 0 Å². The molecule has 1 atom stereocenters. The van der Waals surface area contributed by atoms with Crippen LogP contribution in [0.1, 0.15) is 32.8 Å². The monoisotopic (exact) mass is 523 g/mol. The third-order valence-corrected chi connectivity index (χ3v) is 8.14. The minimum absolute atomic E-state index is 0.124. The molecule has 0 fully saturated rings. The van der Waals surface area contributed by atoms with E-state index >= 15 is 0 Å². The van der Waals surface area contributed by atoms with Crippen molar-refractivity contribution in [2.24, 2.45) is 5.92 Å². The summed E-state index contributed by atoms with van der Waals surface area (Å²) in [5, 5.41) is 4.67. The highest BCUT2D eigenvalue weighted by molar-refractivity contribution is 7.89. The van der Waals surface area contributed by atoms with Gasteiger partial charge < -0.3 is 10.2 Å². The van der Waals surface area contributed by atoms with Gasteiger partial charge in [0.25, 0.3) is 0 Å². The predicted octanol–water partition coefficient (Wildman–Crippen LogP) is 4.08. The fraction of sp³-hybridized carbons (Fsp3) is 0.379.